The van der Waals surface area contributed by atoms with E-state index in [9.17, 15) is 14.7 Å². The molecule has 3 rings (SSSR count). The van der Waals surface area contributed by atoms with Crippen molar-refractivity contribution in [3.05, 3.63) is 70.3 Å². The lowest BCUT2D eigenvalue weighted by Crippen LogP contribution is -3.05. The number of nitrogens with one attached hydrogen (secondary N) is 1. The second-order valence-electron chi connectivity index (χ2n) is 8.58. The highest BCUT2D eigenvalue weighted by Gasteiger charge is 2.46. The van der Waals surface area contributed by atoms with E-state index in [1.165, 1.54) is 10.5 Å². The van der Waals surface area contributed by atoms with Gasteiger partial charge < -0.3 is 19.6 Å². The molecule has 0 aromatic heterocycles. The third-order valence-corrected chi connectivity index (χ3v) is 6.01. The van der Waals surface area contributed by atoms with Crippen molar-refractivity contribution in [1.29, 1.82) is 0 Å². The average molecular weight is 438 g/mol. The number of aliphatic hydroxyl groups is 1. The van der Waals surface area contributed by atoms with Crippen LogP contribution in [-0.2, 0) is 16.0 Å². The summed E-state index contributed by atoms with van der Waals surface area (Å²) in [6.45, 7) is 5.26. The van der Waals surface area contributed by atoms with E-state index in [0.29, 0.717) is 17.9 Å². The van der Waals surface area contributed by atoms with Crippen LogP contribution in [0.2, 0.25) is 0 Å². The van der Waals surface area contributed by atoms with E-state index in [4.69, 9.17) is 4.74 Å². The summed E-state index contributed by atoms with van der Waals surface area (Å²) in [5.74, 6) is -0.679. The minimum absolute atomic E-state index is 0.143. The zero-order chi connectivity index (χ0) is 23.4. The number of hydrogen-bond donors (Lipinski definition) is 2. The molecule has 0 aliphatic carbocycles. The Kier molecular flexibility index (Phi) is 7.36. The number of benzene rings is 2. The van der Waals surface area contributed by atoms with Gasteiger partial charge in [-0.25, -0.2) is 0 Å². The van der Waals surface area contributed by atoms with Gasteiger partial charge in [-0.1, -0.05) is 31.2 Å². The molecule has 1 amide bonds. The van der Waals surface area contributed by atoms with Gasteiger partial charge in [-0.3, -0.25) is 9.59 Å². The van der Waals surface area contributed by atoms with Crippen molar-refractivity contribution in [3.8, 4) is 5.75 Å². The van der Waals surface area contributed by atoms with Crippen molar-refractivity contribution in [2.45, 2.75) is 32.7 Å². The Hall–Kier alpha value is -3.12. The number of aliphatic hydroxyl groups excluding tert-OH is 1. The SMILES string of the molecule is CCc1ccc(C2C(=C(O)c3ccc(OC)cc3C)C(=O)C(=O)N2CCC[NH+](C)C)cc1. The molecule has 0 saturated carbocycles. The molecule has 1 aliphatic heterocycles. The molecule has 2 N–H and O–H groups in total. The number of nitrogens with zero attached hydrogens (tertiary/aromatic N) is 1. The summed E-state index contributed by atoms with van der Waals surface area (Å²) in [5.41, 5.74) is 3.44. The Morgan fingerprint density at radius 3 is 2.38 bits per heavy atom. The van der Waals surface area contributed by atoms with Gasteiger partial charge in [-0.05, 0) is 48.2 Å². The minimum atomic E-state index is -0.639. The van der Waals surface area contributed by atoms with Crippen LogP contribution >= 0.6 is 0 Å². The summed E-state index contributed by atoms with van der Waals surface area (Å²) in [7, 11) is 5.69. The van der Waals surface area contributed by atoms with Crippen molar-refractivity contribution in [1.82, 2.24) is 4.90 Å². The topological polar surface area (TPSA) is 71.3 Å². The third-order valence-electron chi connectivity index (χ3n) is 6.01. The predicted octanol–water partition coefficient (Wildman–Crippen LogP) is 2.52. The van der Waals surface area contributed by atoms with Gasteiger partial charge in [-0.15, -0.1) is 0 Å². The van der Waals surface area contributed by atoms with Crippen molar-refractivity contribution in [2.24, 2.45) is 0 Å². The van der Waals surface area contributed by atoms with Gasteiger partial charge in [0.1, 0.15) is 11.5 Å². The van der Waals surface area contributed by atoms with Gasteiger partial charge in [0, 0.05) is 18.5 Å². The van der Waals surface area contributed by atoms with E-state index in [1.807, 2.05) is 31.2 Å². The van der Waals surface area contributed by atoms with Crippen LogP contribution in [0.3, 0.4) is 0 Å². The molecule has 2 aromatic rings. The summed E-state index contributed by atoms with van der Waals surface area (Å²) in [4.78, 5) is 29.0. The molecule has 6 nitrogen and oxygen atoms in total. The van der Waals surface area contributed by atoms with Crippen LogP contribution in [0.15, 0.2) is 48.0 Å². The highest BCUT2D eigenvalue weighted by molar-refractivity contribution is 6.46. The highest BCUT2D eigenvalue weighted by atomic mass is 16.5. The maximum absolute atomic E-state index is 13.1. The van der Waals surface area contributed by atoms with Crippen LogP contribution in [0.25, 0.3) is 5.76 Å². The fraction of sp³-hybridized carbons (Fsp3) is 0.385. The summed E-state index contributed by atoms with van der Waals surface area (Å²) in [6, 6.07) is 12.6. The zero-order valence-electron chi connectivity index (χ0n) is 19.6. The molecule has 1 saturated heterocycles. The van der Waals surface area contributed by atoms with Gasteiger partial charge in [0.05, 0.1) is 39.4 Å². The van der Waals surface area contributed by atoms with Gasteiger partial charge in [0.25, 0.3) is 11.7 Å². The Morgan fingerprint density at radius 1 is 1.12 bits per heavy atom. The van der Waals surface area contributed by atoms with Crippen LogP contribution in [-0.4, -0.2) is 56.0 Å². The Bertz CT molecular complexity index is 1020. The number of ketones is 1. The number of ether oxygens (including phenoxy) is 1. The number of carbonyl (C=O) groups excluding carboxylic acids is 2. The maximum atomic E-state index is 13.1. The number of amides is 1. The lowest BCUT2D eigenvalue weighted by Gasteiger charge is -2.26. The number of quaternary nitrogens is 1. The van der Waals surface area contributed by atoms with Gasteiger partial charge >= 0.3 is 0 Å². The number of methoxy groups -OCH3 is 1. The molecule has 1 fully saturated rings. The van der Waals surface area contributed by atoms with Crippen LogP contribution in [0.1, 0.15) is 41.6 Å². The molecular weight excluding hydrogens is 404 g/mol. The molecule has 1 atom stereocenters. The molecule has 1 aliphatic rings. The second kappa shape index (κ2) is 10.0. The molecule has 1 heterocycles. The maximum Gasteiger partial charge on any atom is 0.295 e. The van der Waals surface area contributed by atoms with E-state index >= 15 is 0 Å². The fourth-order valence-electron chi connectivity index (χ4n) is 4.17. The predicted molar refractivity (Wildman–Crippen MR) is 125 cm³/mol. The van der Waals surface area contributed by atoms with E-state index in [2.05, 4.69) is 21.0 Å². The zero-order valence-corrected chi connectivity index (χ0v) is 19.6. The molecule has 2 aromatic carbocycles. The lowest BCUT2D eigenvalue weighted by atomic mass is 9.93. The van der Waals surface area contributed by atoms with Crippen molar-refractivity contribution >= 4 is 17.4 Å². The second-order valence-corrected chi connectivity index (χ2v) is 8.58. The Morgan fingerprint density at radius 2 is 1.81 bits per heavy atom. The Balaban J connectivity index is 2.11. The standard InChI is InChI=1S/C26H32N2O4/c1-6-18-8-10-19(11-9-18)23-22(24(29)21-13-12-20(32-5)16-17(21)2)25(30)26(31)28(23)15-7-14-27(3)4/h8-13,16,23,29H,6-7,14-15H2,1-5H3/p+1. The highest BCUT2D eigenvalue weighted by Crippen LogP contribution is 2.40. The first kappa shape index (κ1) is 23.5. The Labute approximate surface area is 190 Å². The van der Waals surface area contributed by atoms with Crippen LogP contribution in [0.4, 0.5) is 0 Å². The van der Waals surface area contributed by atoms with Gasteiger partial charge in [-0.2, -0.15) is 0 Å². The molecule has 0 bridgehead atoms. The monoisotopic (exact) mass is 437 g/mol. The molecule has 32 heavy (non-hydrogen) atoms. The van der Waals surface area contributed by atoms with Gasteiger partial charge in [0.15, 0.2) is 0 Å². The van der Waals surface area contributed by atoms with Crippen LogP contribution in [0, 0.1) is 6.92 Å². The van der Waals surface area contributed by atoms with Crippen LogP contribution in [0.5, 0.6) is 5.75 Å². The molecule has 1 unspecified atom stereocenters. The average Bonchev–Trinajstić information content (AvgIpc) is 3.03. The first-order chi connectivity index (χ1) is 15.3. The van der Waals surface area contributed by atoms with Crippen molar-refractivity contribution in [3.63, 3.8) is 0 Å². The number of carbonyl (C=O) groups is 2. The first-order valence-corrected chi connectivity index (χ1v) is 11.1. The van der Waals surface area contributed by atoms with E-state index in [0.717, 1.165) is 30.5 Å². The summed E-state index contributed by atoms with van der Waals surface area (Å²) >= 11 is 0. The van der Waals surface area contributed by atoms with Crippen molar-refractivity contribution < 1.29 is 24.3 Å². The third kappa shape index (κ3) is 4.70. The number of aryl methyl sites for hydroxylation is 2. The summed E-state index contributed by atoms with van der Waals surface area (Å²) in [5, 5.41) is 11.3. The first-order valence-electron chi connectivity index (χ1n) is 11.1. The van der Waals surface area contributed by atoms with Gasteiger partial charge in [0.2, 0.25) is 0 Å². The lowest BCUT2D eigenvalue weighted by molar-refractivity contribution is -0.858. The largest absolute Gasteiger partial charge is 0.507 e. The molecule has 170 valence electrons. The fourth-order valence-corrected chi connectivity index (χ4v) is 4.17. The molecule has 6 heteroatoms. The quantitative estimate of drug-likeness (QED) is 0.378. The van der Waals surface area contributed by atoms with E-state index in [-0.39, 0.29) is 11.3 Å². The number of Topliss-reactive ketones (excluding diaryl/α,β-unsaturated/α-hetero) is 1. The minimum Gasteiger partial charge on any atom is -0.507 e. The number of hydrogen-bond acceptors (Lipinski definition) is 4. The number of rotatable bonds is 8. The smallest absolute Gasteiger partial charge is 0.295 e. The van der Waals surface area contributed by atoms with E-state index in [1.54, 1.807) is 30.2 Å². The summed E-state index contributed by atoms with van der Waals surface area (Å²) < 4.78 is 5.26. The molecule has 0 radical (unpaired) electrons. The summed E-state index contributed by atoms with van der Waals surface area (Å²) in [6.07, 6.45) is 1.66. The number of likely N-dealkylation sites (tertiary alicyclic amines) is 1. The van der Waals surface area contributed by atoms with Crippen molar-refractivity contribution in [2.75, 3.05) is 34.3 Å². The normalized spacial score (nSPS) is 17.9. The molecular formula is C26H33N2O4+. The van der Waals surface area contributed by atoms with Crippen LogP contribution < -0.4 is 9.64 Å². The van der Waals surface area contributed by atoms with E-state index < -0.39 is 17.7 Å². The molecule has 0 spiro atoms.